The van der Waals surface area contributed by atoms with Crippen molar-refractivity contribution < 1.29 is 4.74 Å². The Kier molecular flexibility index (Phi) is 5.01. The molecule has 1 aromatic carbocycles. The lowest BCUT2D eigenvalue weighted by Gasteiger charge is -2.27. The number of benzene rings is 1. The number of hydrazine groups is 1. The van der Waals surface area contributed by atoms with Gasteiger partial charge in [0.2, 0.25) is 0 Å². The Labute approximate surface area is 114 Å². The van der Waals surface area contributed by atoms with Gasteiger partial charge in [0.05, 0.1) is 0 Å². The van der Waals surface area contributed by atoms with E-state index in [0.29, 0.717) is 5.92 Å². The molecule has 1 aliphatic heterocycles. The summed E-state index contributed by atoms with van der Waals surface area (Å²) >= 11 is 5.99. The van der Waals surface area contributed by atoms with Crippen molar-refractivity contribution in [2.75, 3.05) is 13.2 Å². The van der Waals surface area contributed by atoms with E-state index in [1.807, 2.05) is 12.1 Å². The third kappa shape index (κ3) is 3.45. The van der Waals surface area contributed by atoms with Crippen LogP contribution in [0.1, 0.15) is 36.4 Å². The van der Waals surface area contributed by atoms with Crippen LogP contribution < -0.4 is 11.3 Å². The molecule has 0 spiro atoms. The van der Waals surface area contributed by atoms with Crippen LogP contribution in [-0.4, -0.2) is 13.2 Å². The largest absolute Gasteiger partial charge is 0.381 e. The number of nitrogens with one attached hydrogen (secondary N) is 1. The van der Waals surface area contributed by atoms with Crippen molar-refractivity contribution in [3.8, 4) is 0 Å². The average molecular weight is 269 g/mol. The van der Waals surface area contributed by atoms with Gasteiger partial charge in [0, 0.05) is 24.3 Å². The Morgan fingerprint density at radius 3 is 2.78 bits per heavy atom. The lowest BCUT2D eigenvalue weighted by molar-refractivity contribution is 0.0605. The van der Waals surface area contributed by atoms with Crippen molar-refractivity contribution in [1.82, 2.24) is 5.43 Å². The van der Waals surface area contributed by atoms with E-state index in [1.165, 1.54) is 11.1 Å². The topological polar surface area (TPSA) is 47.3 Å². The molecule has 0 bridgehead atoms. The summed E-state index contributed by atoms with van der Waals surface area (Å²) in [5, 5.41) is 0.776. The molecule has 1 unspecified atom stereocenters. The molecule has 3 N–H and O–H groups in total. The molecule has 1 aromatic rings. The summed E-state index contributed by atoms with van der Waals surface area (Å²) in [5.74, 6) is 6.40. The van der Waals surface area contributed by atoms with E-state index in [-0.39, 0.29) is 6.04 Å². The zero-order valence-electron chi connectivity index (χ0n) is 10.8. The van der Waals surface area contributed by atoms with Crippen LogP contribution in [-0.2, 0) is 4.74 Å². The van der Waals surface area contributed by atoms with Crippen molar-refractivity contribution >= 4 is 11.6 Å². The van der Waals surface area contributed by atoms with Crippen LogP contribution in [0, 0.1) is 12.8 Å². The fourth-order valence-corrected chi connectivity index (χ4v) is 2.86. The highest BCUT2D eigenvalue weighted by Crippen LogP contribution is 2.29. The molecule has 100 valence electrons. The van der Waals surface area contributed by atoms with E-state index in [9.17, 15) is 0 Å². The van der Waals surface area contributed by atoms with Crippen LogP contribution in [0.15, 0.2) is 18.2 Å². The molecule has 0 amide bonds. The SMILES string of the molecule is Cc1cc(Cl)ccc1C(CC1CCOCC1)NN. The van der Waals surface area contributed by atoms with Gasteiger partial charge in [-0.15, -0.1) is 0 Å². The van der Waals surface area contributed by atoms with Gasteiger partial charge in [0.15, 0.2) is 0 Å². The minimum Gasteiger partial charge on any atom is -0.381 e. The van der Waals surface area contributed by atoms with E-state index < -0.39 is 0 Å². The fourth-order valence-electron chi connectivity index (χ4n) is 2.63. The normalized spacial score (nSPS) is 18.8. The van der Waals surface area contributed by atoms with Crippen LogP contribution >= 0.6 is 11.6 Å². The van der Waals surface area contributed by atoms with E-state index >= 15 is 0 Å². The van der Waals surface area contributed by atoms with Gasteiger partial charge in [0.25, 0.3) is 0 Å². The Bertz CT molecular complexity index is 391. The molecule has 4 heteroatoms. The first kappa shape index (κ1) is 13.8. The second-order valence-electron chi connectivity index (χ2n) is 5.01. The molecule has 1 heterocycles. The Balaban J connectivity index is 2.07. The molecule has 0 saturated carbocycles. The summed E-state index contributed by atoms with van der Waals surface area (Å²) in [4.78, 5) is 0. The summed E-state index contributed by atoms with van der Waals surface area (Å²) in [5.41, 5.74) is 5.38. The van der Waals surface area contributed by atoms with Gasteiger partial charge in [-0.25, -0.2) is 0 Å². The molecule has 2 rings (SSSR count). The van der Waals surface area contributed by atoms with Gasteiger partial charge < -0.3 is 4.74 Å². The van der Waals surface area contributed by atoms with E-state index in [1.54, 1.807) is 0 Å². The first-order valence-corrected chi connectivity index (χ1v) is 6.88. The van der Waals surface area contributed by atoms with Crippen molar-refractivity contribution in [3.63, 3.8) is 0 Å². The third-order valence-corrected chi connectivity index (χ3v) is 3.95. The van der Waals surface area contributed by atoms with E-state index in [4.69, 9.17) is 22.2 Å². The molecule has 0 aromatic heterocycles. The van der Waals surface area contributed by atoms with Gasteiger partial charge in [-0.05, 0) is 55.4 Å². The predicted molar refractivity (Wildman–Crippen MR) is 74.4 cm³/mol. The minimum atomic E-state index is 0.199. The van der Waals surface area contributed by atoms with Crippen LogP contribution in [0.5, 0.6) is 0 Å². The number of hydrogen-bond donors (Lipinski definition) is 2. The van der Waals surface area contributed by atoms with Gasteiger partial charge in [-0.3, -0.25) is 11.3 Å². The first-order chi connectivity index (χ1) is 8.70. The summed E-state index contributed by atoms with van der Waals surface area (Å²) in [7, 11) is 0. The van der Waals surface area contributed by atoms with Crippen molar-refractivity contribution in [3.05, 3.63) is 34.3 Å². The maximum Gasteiger partial charge on any atom is 0.0468 e. The van der Waals surface area contributed by atoms with Gasteiger partial charge in [-0.1, -0.05) is 17.7 Å². The van der Waals surface area contributed by atoms with Gasteiger partial charge >= 0.3 is 0 Å². The summed E-state index contributed by atoms with van der Waals surface area (Å²) in [6.45, 7) is 3.83. The monoisotopic (exact) mass is 268 g/mol. The van der Waals surface area contributed by atoms with Crippen LogP contribution in [0.2, 0.25) is 5.02 Å². The number of rotatable bonds is 4. The summed E-state index contributed by atoms with van der Waals surface area (Å²) in [6.07, 6.45) is 3.32. The Morgan fingerprint density at radius 1 is 1.44 bits per heavy atom. The molecule has 1 aliphatic rings. The first-order valence-electron chi connectivity index (χ1n) is 6.50. The molecule has 0 radical (unpaired) electrons. The molecule has 3 nitrogen and oxygen atoms in total. The van der Waals surface area contributed by atoms with Crippen molar-refractivity contribution in [1.29, 1.82) is 0 Å². The van der Waals surface area contributed by atoms with E-state index in [2.05, 4.69) is 18.4 Å². The number of nitrogens with two attached hydrogens (primary N) is 1. The maximum absolute atomic E-state index is 5.99. The van der Waals surface area contributed by atoms with Crippen LogP contribution in [0.4, 0.5) is 0 Å². The second kappa shape index (κ2) is 6.53. The fraction of sp³-hybridized carbons (Fsp3) is 0.571. The van der Waals surface area contributed by atoms with Crippen LogP contribution in [0.3, 0.4) is 0 Å². The highest BCUT2D eigenvalue weighted by molar-refractivity contribution is 6.30. The van der Waals surface area contributed by atoms with Gasteiger partial charge in [0.1, 0.15) is 0 Å². The lowest BCUT2D eigenvalue weighted by Crippen LogP contribution is -2.31. The highest BCUT2D eigenvalue weighted by atomic mass is 35.5. The second-order valence-corrected chi connectivity index (χ2v) is 5.45. The molecule has 0 aliphatic carbocycles. The molecule has 1 fully saturated rings. The minimum absolute atomic E-state index is 0.199. The van der Waals surface area contributed by atoms with Crippen LogP contribution in [0.25, 0.3) is 0 Å². The number of halogens is 1. The molecule has 1 saturated heterocycles. The summed E-state index contributed by atoms with van der Waals surface area (Å²) < 4.78 is 5.39. The highest BCUT2D eigenvalue weighted by Gasteiger charge is 2.20. The quantitative estimate of drug-likeness (QED) is 0.652. The predicted octanol–water partition coefficient (Wildman–Crippen LogP) is 2.97. The number of aryl methyl sites for hydroxylation is 1. The Hall–Kier alpha value is -0.610. The zero-order valence-corrected chi connectivity index (χ0v) is 11.5. The van der Waals surface area contributed by atoms with Crippen molar-refractivity contribution in [2.24, 2.45) is 11.8 Å². The maximum atomic E-state index is 5.99. The lowest BCUT2D eigenvalue weighted by atomic mass is 9.88. The smallest absolute Gasteiger partial charge is 0.0468 e. The van der Waals surface area contributed by atoms with Gasteiger partial charge in [-0.2, -0.15) is 0 Å². The van der Waals surface area contributed by atoms with E-state index in [0.717, 1.165) is 37.5 Å². The number of ether oxygens (including phenoxy) is 1. The zero-order chi connectivity index (χ0) is 13.0. The standard InChI is InChI=1S/C14H21ClN2O/c1-10-8-12(15)2-3-13(10)14(17-16)9-11-4-6-18-7-5-11/h2-3,8,11,14,17H,4-7,9,16H2,1H3. The molecule has 18 heavy (non-hydrogen) atoms. The molecular weight excluding hydrogens is 248 g/mol. The summed E-state index contributed by atoms with van der Waals surface area (Å²) in [6, 6.07) is 6.19. The average Bonchev–Trinajstić information content (AvgIpc) is 2.38. The Morgan fingerprint density at radius 2 is 2.17 bits per heavy atom. The molecule has 1 atom stereocenters. The number of hydrogen-bond acceptors (Lipinski definition) is 3. The van der Waals surface area contributed by atoms with Crippen molar-refractivity contribution in [2.45, 2.75) is 32.2 Å². The third-order valence-electron chi connectivity index (χ3n) is 3.72. The molecular formula is C14H21ClN2O.